The minimum atomic E-state index is -3.60. The first-order chi connectivity index (χ1) is 12.2. The largest absolute Gasteiger partial charge is 0.472 e. The van der Waals surface area contributed by atoms with Crippen molar-refractivity contribution in [1.82, 2.24) is 24.3 Å². The molecule has 10 heteroatoms. The topological polar surface area (TPSA) is 93.5 Å². The van der Waals surface area contributed by atoms with E-state index in [1.807, 2.05) is 25.1 Å². The van der Waals surface area contributed by atoms with Crippen molar-refractivity contribution in [1.29, 1.82) is 0 Å². The van der Waals surface area contributed by atoms with Crippen LogP contribution in [0.1, 0.15) is 17.8 Å². The molecule has 0 N–H and O–H groups in total. The summed E-state index contributed by atoms with van der Waals surface area (Å²) in [5.74, 6) is 1.13. The first-order valence-electron chi connectivity index (χ1n) is 8.38. The van der Waals surface area contributed by atoms with Crippen LogP contribution in [-0.2, 0) is 17.1 Å². The molecule has 0 amide bonds. The van der Waals surface area contributed by atoms with Crippen molar-refractivity contribution in [2.24, 2.45) is 7.05 Å². The van der Waals surface area contributed by atoms with Gasteiger partial charge in [-0.1, -0.05) is 0 Å². The number of aryl methyl sites for hydroxylation is 2. The van der Waals surface area contributed by atoms with Crippen molar-refractivity contribution in [2.45, 2.75) is 31.3 Å². The van der Waals surface area contributed by atoms with Gasteiger partial charge in [-0.2, -0.15) is 9.40 Å². The van der Waals surface area contributed by atoms with Crippen LogP contribution < -0.4 is 9.64 Å². The van der Waals surface area contributed by atoms with E-state index in [9.17, 15) is 8.42 Å². The van der Waals surface area contributed by atoms with Crippen LogP contribution in [0.25, 0.3) is 0 Å². The van der Waals surface area contributed by atoms with E-state index in [2.05, 4.69) is 15.3 Å². The molecule has 0 aromatic carbocycles. The van der Waals surface area contributed by atoms with E-state index in [4.69, 9.17) is 4.74 Å². The molecule has 1 aliphatic heterocycles. The minimum absolute atomic E-state index is 0.249. The van der Waals surface area contributed by atoms with Crippen LogP contribution in [0.5, 0.6) is 5.88 Å². The third kappa shape index (κ3) is 3.38. The van der Waals surface area contributed by atoms with Crippen molar-refractivity contribution in [3.63, 3.8) is 0 Å². The smallest absolute Gasteiger partial charge is 0.246 e. The molecule has 142 valence electrons. The van der Waals surface area contributed by atoms with Gasteiger partial charge in [0.2, 0.25) is 15.9 Å². The van der Waals surface area contributed by atoms with Gasteiger partial charge in [-0.05, 0) is 26.3 Å². The molecular formula is C16H24N6O3S. The predicted molar refractivity (Wildman–Crippen MR) is 96.8 cm³/mol. The minimum Gasteiger partial charge on any atom is -0.472 e. The number of ether oxygens (including phenoxy) is 1. The Morgan fingerprint density at radius 3 is 2.50 bits per heavy atom. The molecule has 2 aromatic heterocycles. The zero-order valence-electron chi connectivity index (χ0n) is 15.7. The van der Waals surface area contributed by atoms with E-state index in [1.54, 1.807) is 31.6 Å². The number of aromatic nitrogens is 4. The number of nitrogens with zero attached hydrogens (tertiary/aromatic N) is 6. The van der Waals surface area contributed by atoms with Crippen LogP contribution in [0.4, 0.5) is 5.82 Å². The Bertz CT molecular complexity index is 891. The molecule has 1 atom stereocenters. The zero-order chi connectivity index (χ0) is 19.1. The number of hydrogen-bond donors (Lipinski definition) is 0. The first-order valence-corrected chi connectivity index (χ1v) is 9.82. The molecule has 1 aliphatic rings. The van der Waals surface area contributed by atoms with Gasteiger partial charge >= 0.3 is 0 Å². The van der Waals surface area contributed by atoms with Crippen molar-refractivity contribution >= 4 is 15.8 Å². The molecule has 2 aromatic rings. The molecule has 1 unspecified atom stereocenters. The van der Waals surface area contributed by atoms with E-state index in [1.165, 1.54) is 4.31 Å². The maximum Gasteiger partial charge on any atom is 0.246 e. The summed E-state index contributed by atoms with van der Waals surface area (Å²) in [6.45, 7) is 4.17. The van der Waals surface area contributed by atoms with Gasteiger partial charge in [0.15, 0.2) is 5.82 Å². The van der Waals surface area contributed by atoms with Crippen LogP contribution >= 0.6 is 0 Å². The Balaban J connectivity index is 1.72. The van der Waals surface area contributed by atoms with Crippen molar-refractivity contribution in [3.8, 4) is 5.88 Å². The summed E-state index contributed by atoms with van der Waals surface area (Å²) in [6, 6.07) is 3.56. The molecule has 1 fully saturated rings. The third-order valence-electron chi connectivity index (χ3n) is 4.52. The number of rotatable bonds is 5. The molecule has 3 heterocycles. The maximum absolute atomic E-state index is 13.0. The summed E-state index contributed by atoms with van der Waals surface area (Å²) in [5.41, 5.74) is 1.15. The average Bonchev–Trinajstić information content (AvgIpc) is 3.13. The molecule has 1 saturated heterocycles. The van der Waals surface area contributed by atoms with Crippen LogP contribution in [0.15, 0.2) is 17.0 Å². The highest BCUT2D eigenvalue weighted by Gasteiger charge is 2.36. The van der Waals surface area contributed by atoms with Crippen LogP contribution in [-0.4, -0.2) is 66.0 Å². The molecule has 0 aliphatic carbocycles. The molecular weight excluding hydrogens is 356 g/mol. The normalized spacial score (nSPS) is 18.3. The van der Waals surface area contributed by atoms with Gasteiger partial charge in [0.25, 0.3) is 0 Å². The average molecular weight is 380 g/mol. The Morgan fingerprint density at radius 1 is 1.23 bits per heavy atom. The Labute approximate surface area is 153 Å². The van der Waals surface area contributed by atoms with E-state index in [-0.39, 0.29) is 17.5 Å². The number of hydrogen-bond acceptors (Lipinski definition) is 7. The predicted octanol–water partition coefficient (Wildman–Crippen LogP) is 0.735. The van der Waals surface area contributed by atoms with Gasteiger partial charge in [-0.15, -0.1) is 10.2 Å². The lowest BCUT2D eigenvalue weighted by atomic mass is 10.3. The highest BCUT2D eigenvalue weighted by atomic mass is 32.2. The van der Waals surface area contributed by atoms with Gasteiger partial charge in [-0.25, -0.2) is 8.42 Å². The van der Waals surface area contributed by atoms with E-state index < -0.39 is 10.0 Å². The van der Waals surface area contributed by atoms with Crippen LogP contribution in [0, 0.1) is 13.8 Å². The summed E-state index contributed by atoms with van der Waals surface area (Å²) in [5, 5.41) is 12.3. The summed E-state index contributed by atoms with van der Waals surface area (Å²) < 4.78 is 34.8. The Hall–Kier alpha value is -2.20. The van der Waals surface area contributed by atoms with Crippen LogP contribution in [0.2, 0.25) is 0 Å². The number of sulfonamides is 1. The van der Waals surface area contributed by atoms with E-state index in [0.717, 1.165) is 5.82 Å². The second kappa shape index (κ2) is 6.84. The van der Waals surface area contributed by atoms with Gasteiger partial charge in [-0.3, -0.25) is 4.68 Å². The third-order valence-corrected chi connectivity index (χ3v) is 6.64. The molecule has 0 bridgehead atoms. The van der Waals surface area contributed by atoms with Crippen LogP contribution in [0.3, 0.4) is 0 Å². The number of anilines is 1. The fourth-order valence-corrected chi connectivity index (χ4v) is 4.94. The highest BCUT2D eigenvalue weighted by Crippen LogP contribution is 2.27. The molecule has 3 rings (SSSR count). The van der Waals surface area contributed by atoms with Gasteiger partial charge < -0.3 is 9.64 Å². The van der Waals surface area contributed by atoms with Gasteiger partial charge in [0, 0.05) is 33.8 Å². The molecule has 26 heavy (non-hydrogen) atoms. The van der Waals surface area contributed by atoms with Crippen molar-refractivity contribution in [2.75, 3.05) is 32.1 Å². The quantitative estimate of drug-likeness (QED) is 0.755. The van der Waals surface area contributed by atoms with E-state index >= 15 is 0 Å². The van der Waals surface area contributed by atoms with Gasteiger partial charge in [0.1, 0.15) is 11.0 Å². The molecule has 0 spiro atoms. The van der Waals surface area contributed by atoms with Crippen molar-refractivity contribution < 1.29 is 13.2 Å². The second-order valence-electron chi connectivity index (χ2n) is 6.64. The summed E-state index contributed by atoms with van der Waals surface area (Å²) in [4.78, 5) is 2.13. The zero-order valence-corrected chi connectivity index (χ0v) is 16.5. The fourth-order valence-electron chi connectivity index (χ4n) is 3.05. The summed E-state index contributed by atoms with van der Waals surface area (Å²) in [7, 11) is 1.91. The maximum atomic E-state index is 13.0. The first kappa shape index (κ1) is 18.6. The summed E-state index contributed by atoms with van der Waals surface area (Å²) in [6.07, 6.45) is 0.357. The lowest BCUT2D eigenvalue weighted by Gasteiger charge is -2.17. The second-order valence-corrected chi connectivity index (χ2v) is 8.51. The van der Waals surface area contributed by atoms with E-state index in [0.29, 0.717) is 30.2 Å². The fraction of sp³-hybridized carbons (Fsp3) is 0.562. The lowest BCUT2D eigenvalue weighted by molar-refractivity contribution is 0.204. The van der Waals surface area contributed by atoms with Crippen molar-refractivity contribution in [3.05, 3.63) is 23.5 Å². The Kier molecular flexibility index (Phi) is 4.89. The molecule has 0 radical (unpaired) electrons. The Morgan fingerprint density at radius 2 is 1.96 bits per heavy atom. The highest BCUT2D eigenvalue weighted by molar-refractivity contribution is 7.89. The summed E-state index contributed by atoms with van der Waals surface area (Å²) >= 11 is 0. The monoisotopic (exact) mass is 380 g/mol. The molecule has 0 saturated carbocycles. The lowest BCUT2D eigenvalue weighted by Crippen LogP contribution is -2.31. The van der Waals surface area contributed by atoms with Gasteiger partial charge in [0.05, 0.1) is 17.9 Å². The molecule has 9 nitrogen and oxygen atoms in total. The SMILES string of the molecule is Cc1nn(C)c(C)c1S(=O)(=O)N1CCC(Oc2ccc(N(C)C)nn2)C1. The standard InChI is InChI=1S/C16H24N6O3S/c1-11-16(12(2)21(5)19-11)26(23,24)22-9-8-13(10-22)25-15-7-6-14(17-18-15)20(3)4/h6-7,13H,8-10H2,1-5H3.